The zero-order valence-corrected chi connectivity index (χ0v) is 14.5. The van der Waals surface area contributed by atoms with Gasteiger partial charge >= 0.3 is 0 Å². The number of hydrogen-bond donors (Lipinski definition) is 3. The topological polar surface area (TPSA) is 111 Å². The summed E-state index contributed by atoms with van der Waals surface area (Å²) in [4.78, 5) is 25.8. The molecule has 0 spiro atoms. The number of hydrogen-bond acceptors (Lipinski definition) is 5. The summed E-state index contributed by atoms with van der Waals surface area (Å²) >= 11 is 5.89. The maximum absolute atomic E-state index is 12.9. The summed E-state index contributed by atoms with van der Waals surface area (Å²) in [6.45, 7) is 0.153. The normalized spacial score (nSPS) is 14.8. The number of rotatable bonds is 4. The fourth-order valence-electron chi connectivity index (χ4n) is 2.55. The highest BCUT2D eigenvalue weighted by Crippen LogP contribution is 2.37. The number of nitrogen functional groups attached to an aromatic ring is 1. The molecular formula is C18H17ClN4O3. The maximum atomic E-state index is 12.9. The molecule has 0 unspecified atom stereocenters. The average molecular weight is 373 g/mol. The summed E-state index contributed by atoms with van der Waals surface area (Å²) < 4.78 is 5.75. The van der Waals surface area contributed by atoms with E-state index in [0.717, 1.165) is 5.56 Å². The highest BCUT2D eigenvalue weighted by molar-refractivity contribution is 6.30. The van der Waals surface area contributed by atoms with Gasteiger partial charge in [0.1, 0.15) is 0 Å². The number of nitrogens with one attached hydrogen (secondary N) is 1. The highest BCUT2D eigenvalue weighted by Gasteiger charge is 2.30. The van der Waals surface area contributed by atoms with Crippen LogP contribution in [0.25, 0.3) is 6.08 Å². The van der Waals surface area contributed by atoms with Crippen molar-refractivity contribution in [1.82, 2.24) is 5.43 Å². The Morgan fingerprint density at radius 3 is 2.65 bits per heavy atom. The van der Waals surface area contributed by atoms with Crippen molar-refractivity contribution in [3.63, 3.8) is 0 Å². The first-order chi connectivity index (χ1) is 12.5. The summed E-state index contributed by atoms with van der Waals surface area (Å²) in [6, 6.07) is 12.0. The van der Waals surface area contributed by atoms with Crippen molar-refractivity contribution in [2.24, 2.45) is 5.84 Å². The summed E-state index contributed by atoms with van der Waals surface area (Å²) in [5, 5.41) is 0.593. The maximum Gasteiger partial charge on any atom is 0.294 e. The number of carbonyl (C=O) groups excluding carboxylic acids is 2. The molecule has 2 amide bonds. The number of hydrazine groups is 1. The van der Waals surface area contributed by atoms with Gasteiger partial charge in [-0.3, -0.25) is 15.0 Å². The van der Waals surface area contributed by atoms with Crippen LogP contribution >= 0.6 is 11.6 Å². The molecule has 0 fully saturated rings. The molecule has 0 saturated heterocycles. The van der Waals surface area contributed by atoms with E-state index in [9.17, 15) is 9.59 Å². The molecule has 7 nitrogen and oxygen atoms in total. The van der Waals surface area contributed by atoms with Gasteiger partial charge in [-0.05, 0) is 35.9 Å². The third-order valence-electron chi connectivity index (χ3n) is 3.84. The molecule has 2 aromatic rings. The second-order valence-electron chi connectivity index (χ2n) is 5.66. The second kappa shape index (κ2) is 7.47. The van der Waals surface area contributed by atoms with Gasteiger partial charge in [0.2, 0.25) is 5.91 Å². The number of fused-ring (bicyclic) bond motifs is 1. The Bertz CT molecular complexity index is 881. The van der Waals surface area contributed by atoms with Gasteiger partial charge in [-0.2, -0.15) is 0 Å². The second-order valence-corrected chi connectivity index (χ2v) is 6.10. The van der Waals surface area contributed by atoms with Crippen molar-refractivity contribution in [1.29, 1.82) is 0 Å². The van der Waals surface area contributed by atoms with Crippen molar-refractivity contribution >= 4 is 40.9 Å². The SMILES string of the molecule is NNC(=O)CCN1C(=O)/C(=C\c2ccc(Cl)cc2)Oc2cc(N)ccc21. The van der Waals surface area contributed by atoms with E-state index >= 15 is 0 Å². The van der Waals surface area contributed by atoms with E-state index in [1.807, 2.05) is 0 Å². The third kappa shape index (κ3) is 3.79. The monoisotopic (exact) mass is 372 g/mol. The number of halogens is 1. The summed E-state index contributed by atoms with van der Waals surface area (Å²) in [6.07, 6.45) is 1.67. The van der Waals surface area contributed by atoms with Gasteiger partial charge in [0, 0.05) is 29.7 Å². The Morgan fingerprint density at radius 1 is 1.23 bits per heavy atom. The van der Waals surface area contributed by atoms with Crippen molar-refractivity contribution in [2.75, 3.05) is 17.2 Å². The summed E-state index contributed by atoms with van der Waals surface area (Å²) in [5.41, 5.74) is 9.68. The molecule has 0 saturated carbocycles. The summed E-state index contributed by atoms with van der Waals surface area (Å²) in [5.74, 6) is 4.95. The molecule has 0 atom stereocenters. The predicted octanol–water partition coefficient (Wildman–Crippen LogP) is 2.07. The van der Waals surface area contributed by atoms with Gasteiger partial charge in [-0.15, -0.1) is 0 Å². The first-order valence-electron chi connectivity index (χ1n) is 7.84. The minimum absolute atomic E-state index is 0.0558. The van der Waals surface area contributed by atoms with E-state index in [4.69, 9.17) is 27.9 Å². The van der Waals surface area contributed by atoms with Crippen LogP contribution in [0.3, 0.4) is 0 Å². The Balaban J connectivity index is 1.96. The Morgan fingerprint density at radius 2 is 1.96 bits per heavy atom. The zero-order chi connectivity index (χ0) is 18.7. The lowest BCUT2D eigenvalue weighted by atomic mass is 10.1. The van der Waals surface area contributed by atoms with Crippen LogP contribution in [0.15, 0.2) is 48.2 Å². The molecule has 0 aliphatic carbocycles. The van der Waals surface area contributed by atoms with Gasteiger partial charge in [0.05, 0.1) is 5.69 Å². The minimum Gasteiger partial charge on any atom is -0.449 e. The van der Waals surface area contributed by atoms with Gasteiger partial charge in [-0.25, -0.2) is 5.84 Å². The first kappa shape index (κ1) is 17.8. The fraction of sp³-hybridized carbons (Fsp3) is 0.111. The van der Waals surface area contributed by atoms with Crippen LogP contribution in [-0.2, 0) is 9.59 Å². The standard InChI is InChI=1S/C18H17ClN4O3/c19-12-3-1-11(2-4-12)9-16-18(25)23(8-7-17(24)22-21)14-6-5-13(20)10-15(14)26-16/h1-6,9-10H,7-8,20-21H2,(H,22,24)/b16-9+. The van der Waals surface area contributed by atoms with Gasteiger partial charge in [0.25, 0.3) is 5.91 Å². The molecule has 0 radical (unpaired) electrons. The van der Waals surface area contributed by atoms with Crippen LogP contribution in [0.5, 0.6) is 5.75 Å². The van der Waals surface area contributed by atoms with Crippen molar-refractivity contribution in [2.45, 2.75) is 6.42 Å². The van der Waals surface area contributed by atoms with Crippen LogP contribution in [0.1, 0.15) is 12.0 Å². The molecule has 3 rings (SSSR count). The fourth-order valence-corrected chi connectivity index (χ4v) is 2.68. The average Bonchev–Trinajstić information content (AvgIpc) is 2.63. The predicted molar refractivity (Wildman–Crippen MR) is 100 cm³/mol. The smallest absolute Gasteiger partial charge is 0.294 e. The van der Waals surface area contributed by atoms with Crippen LogP contribution in [0, 0.1) is 0 Å². The van der Waals surface area contributed by atoms with E-state index in [1.165, 1.54) is 4.90 Å². The molecule has 5 N–H and O–H groups in total. The number of nitrogens with two attached hydrogens (primary N) is 2. The number of ether oxygens (including phenoxy) is 1. The first-order valence-corrected chi connectivity index (χ1v) is 8.21. The van der Waals surface area contributed by atoms with Gasteiger partial charge < -0.3 is 15.4 Å². The molecular weight excluding hydrogens is 356 g/mol. The van der Waals surface area contributed by atoms with E-state index in [1.54, 1.807) is 48.5 Å². The van der Waals surface area contributed by atoms with E-state index in [0.29, 0.717) is 22.1 Å². The highest BCUT2D eigenvalue weighted by atomic mass is 35.5. The van der Waals surface area contributed by atoms with Crippen molar-refractivity contribution < 1.29 is 14.3 Å². The van der Waals surface area contributed by atoms with E-state index in [-0.39, 0.29) is 30.5 Å². The Kier molecular flexibility index (Phi) is 5.11. The Hall–Kier alpha value is -3.03. The number of carbonyl (C=O) groups is 2. The third-order valence-corrected chi connectivity index (χ3v) is 4.09. The van der Waals surface area contributed by atoms with Gasteiger partial charge in [0.15, 0.2) is 11.5 Å². The lowest BCUT2D eigenvalue weighted by Gasteiger charge is -2.30. The number of anilines is 2. The number of amides is 2. The summed E-state index contributed by atoms with van der Waals surface area (Å²) in [7, 11) is 0. The van der Waals surface area contributed by atoms with Crippen LogP contribution in [0.4, 0.5) is 11.4 Å². The molecule has 0 aromatic heterocycles. The molecule has 1 heterocycles. The van der Waals surface area contributed by atoms with Crippen molar-refractivity contribution in [3.8, 4) is 5.75 Å². The Labute approximate surface area is 155 Å². The van der Waals surface area contributed by atoms with Crippen LogP contribution < -0.4 is 26.6 Å². The minimum atomic E-state index is -0.371. The van der Waals surface area contributed by atoms with E-state index < -0.39 is 0 Å². The lowest BCUT2D eigenvalue weighted by Crippen LogP contribution is -2.40. The van der Waals surface area contributed by atoms with Crippen molar-refractivity contribution in [3.05, 3.63) is 58.8 Å². The van der Waals surface area contributed by atoms with Crippen LogP contribution in [-0.4, -0.2) is 18.4 Å². The van der Waals surface area contributed by atoms with Gasteiger partial charge in [-0.1, -0.05) is 23.7 Å². The molecule has 2 aromatic carbocycles. The molecule has 1 aliphatic rings. The largest absolute Gasteiger partial charge is 0.449 e. The molecule has 0 bridgehead atoms. The molecule has 8 heteroatoms. The number of benzene rings is 2. The van der Waals surface area contributed by atoms with E-state index in [2.05, 4.69) is 5.43 Å². The lowest BCUT2D eigenvalue weighted by molar-refractivity contribution is -0.121. The quantitative estimate of drug-likeness (QED) is 0.250. The molecule has 26 heavy (non-hydrogen) atoms. The zero-order valence-electron chi connectivity index (χ0n) is 13.7. The molecule has 134 valence electrons. The molecule has 1 aliphatic heterocycles. The number of nitrogens with zero attached hydrogens (tertiary/aromatic N) is 1. The van der Waals surface area contributed by atoms with Crippen LogP contribution in [0.2, 0.25) is 5.02 Å².